The number of hydrogen-bond acceptors (Lipinski definition) is 2. The third kappa shape index (κ3) is 3.03. The van der Waals surface area contributed by atoms with E-state index in [-0.39, 0.29) is 17.3 Å². The van der Waals surface area contributed by atoms with Gasteiger partial charge in [0, 0.05) is 0 Å². The molecule has 0 aliphatic heterocycles. The molecule has 1 aliphatic carbocycles. The molecule has 0 unspecified atom stereocenters. The summed E-state index contributed by atoms with van der Waals surface area (Å²) in [4.78, 5) is 10.9. The van der Waals surface area contributed by atoms with Crippen LogP contribution in [0.25, 0.3) is 0 Å². The summed E-state index contributed by atoms with van der Waals surface area (Å²) in [7, 11) is 0. The maximum Gasteiger partial charge on any atom is 0.152 e. The largest absolute Gasteiger partial charge is 0.393 e. The maximum atomic E-state index is 10.9. The predicted octanol–water partition coefficient (Wildman–Crippen LogP) is 2.63. The number of carbonyl (C=O) groups excluding carboxylic acids is 1. The predicted molar refractivity (Wildman–Crippen MR) is 61.5 cm³/mol. The number of aliphatic hydroxyl groups is 1. The van der Waals surface area contributed by atoms with Crippen molar-refractivity contribution in [3.63, 3.8) is 0 Å². The fraction of sp³-hybridized carbons (Fsp3) is 0.615. The Morgan fingerprint density at radius 3 is 2.60 bits per heavy atom. The van der Waals surface area contributed by atoms with Crippen molar-refractivity contribution in [2.45, 2.75) is 46.6 Å². The van der Waals surface area contributed by atoms with Crippen LogP contribution in [0.15, 0.2) is 23.3 Å². The Morgan fingerprint density at radius 1 is 1.53 bits per heavy atom. The quantitative estimate of drug-likeness (QED) is 0.708. The highest BCUT2D eigenvalue weighted by Crippen LogP contribution is 2.40. The number of carbonyl (C=O) groups is 1. The Morgan fingerprint density at radius 2 is 2.13 bits per heavy atom. The summed E-state index contributed by atoms with van der Waals surface area (Å²) < 4.78 is 0. The molecule has 1 rings (SSSR count). The van der Waals surface area contributed by atoms with Crippen LogP contribution in [0.4, 0.5) is 0 Å². The van der Waals surface area contributed by atoms with E-state index in [9.17, 15) is 9.90 Å². The Bertz CT molecular complexity index is 321. The van der Waals surface area contributed by atoms with Gasteiger partial charge in [-0.15, -0.1) is 0 Å². The fourth-order valence-corrected chi connectivity index (χ4v) is 2.38. The first-order chi connectivity index (χ1) is 6.83. The molecule has 2 heteroatoms. The Kier molecular flexibility index (Phi) is 3.50. The summed E-state index contributed by atoms with van der Waals surface area (Å²) in [6, 6.07) is 0. The molecule has 84 valence electrons. The van der Waals surface area contributed by atoms with E-state index in [0.717, 1.165) is 12.8 Å². The highest BCUT2D eigenvalue weighted by molar-refractivity contribution is 5.87. The van der Waals surface area contributed by atoms with Crippen LogP contribution < -0.4 is 0 Å². The van der Waals surface area contributed by atoms with Gasteiger partial charge in [-0.2, -0.15) is 0 Å². The lowest BCUT2D eigenvalue weighted by atomic mass is 9.71. The van der Waals surface area contributed by atoms with Gasteiger partial charge in [-0.05, 0) is 43.8 Å². The topological polar surface area (TPSA) is 37.3 Å². The second-order valence-corrected chi connectivity index (χ2v) is 5.08. The average Bonchev–Trinajstić information content (AvgIpc) is 1.98. The SMILES string of the molecule is CC(=O)/C=C/C1=C(C)C[C@@H](O)CC1(C)C. The molecule has 0 aromatic heterocycles. The molecule has 0 spiro atoms. The summed E-state index contributed by atoms with van der Waals surface area (Å²) in [6.07, 6.45) is 4.76. The van der Waals surface area contributed by atoms with Crippen molar-refractivity contribution in [1.29, 1.82) is 0 Å². The summed E-state index contributed by atoms with van der Waals surface area (Å²) in [5.41, 5.74) is 2.35. The van der Waals surface area contributed by atoms with Crippen molar-refractivity contribution < 1.29 is 9.90 Å². The fourth-order valence-electron chi connectivity index (χ4n) is 2.38. The first-order valence-electron chi connectivity index (χ1n) is 5.40. The molecule has 0 fully saturated rings. The third-order valence-corrected chi connectivity index (χ3v) is 2.96. The van der Waals surface area contributed by atoms with E-state index in [0.29, 0.717) is 0 Å². The molecule has 15 heavy (non-hydrogen) atoms. The van der Waals surface area contributed by atoms with Gasteiger partial charge in [0.1, 0.15) is 0 Å². The van der Waals surface area contributed by atoms with E-state index in [4.69, 9.17) is 0 Å². The molecule has 1 N–H and O–H groups in total. The van der Waals surface area contributed by atoms with Gasteiger partial charge < -0.3 is 5.11 Å². The van der Waals surface area contributed by atoms with Crippen molar-refractivity contribution in [2.75, 3.05) is 0 Å². The summed E-state index contributed by atoms with van der Waals surface area (Å²) >= 11 is 0. The zero-order valence-electron chi connectivity index (χ0n) is 10.0. The molecule has 1 aliphatic rings. The molecule has 0 bridgehead atoms. The second-order valence-electron chi connectivity index (χ2n) is 5.08. The van der Waals surface area contributed by atoms with E-state index >= 15 is 0 Å². The first-order valence-corrected chi connectivity index (χ1v) is 5.40. The summed E-state index contributed by atoms with van der Waals surface area (Å²) in [6.45, 7) is 7.80. The van der Waals surface area contributed by atoms with Crippen molar-refractivity contribution in [1.82, 2.24) is 0 Å². The van der Waals surface area contributed by atoms with Crippen LogP contribution >= 0.6 is 0 Å². The van der Waals surface area contributed by atoms with Crippen LogP contribution in [0.1, 0.15) is 40.5 Å². The zero-order valence-corrected chi connectivity index (χ0v) is 10.0. The van der Waals surface area contributed by atoms with Gasteiger partial charge in [-0.25, -0.2) is 0 Å². The number of rotatable bonds is 2. The monoisotopic (exact) mass is 208 g/mol. The number of allylic oxidation sites excluding steroid dienone is 3. The van der Waals surface area contributed by atoms with Crippen molar-refractivity contribution in [2.24, 2.45) is 5.41 Å². The van der Waals surface area contributed by atoms with Gasteiger partial charge in [-0.3, -0.25) is 4.79 Å². The minimum Gasteiger partial charge on any atom is -0.393 e. The van der Waals surface area contributed by atoms with E-state index in [2.05, 4.69) is 13.8 Å². The Hall–Kier alpha value is -0.890. The van der Waals surface area contributed by atoms with Crippen LogP contribution in [0.5, 0.6) is 0 Å². The van der Waals surface area contributed by atoms with Gasteiger partial charge in [0.25, 0.3) is 0 Å². The molecule has 0 aromatic rings. The molecule has 0 saturated heterocycles. The zero-order chi connectivity index (χ0) is 11.6. The van der Waals surface area contributed by atoms with Crippen LogP contribution in [0.3, 0.4) is 0 Å². The molecule has 0 aromatic carbocycles. The van der Waals surface area contributed by atoms with Gasteiger partial charge in [0.15, 0.2) is 5.78 Å². The number of hydrogen-bond donors (Lipinski definition) is 1. The lowest BCUT2D eigenvalue weighted by Crippen LogP contribution is -2.28. The van der Waals surface area contributed by atoms with Crippen molar-refractivity contribution in [3.05, 3.63) is 23.3 Å². The maximum absolute atomic E-state index is 10.9. The highest BCUT2D eigenvalue weighted by atomic mass is 16.3. The summed E-state index contributed by atoms with van der Waals surface area (Å²) in [5, 5.41) is 9.69. The van der Waals surface area contributed by atoms with Gasteiger partial charge in [0.05, 0.1) is 6.10 Å². The van der Waals surface area contributed by atoms with Crippen LogP contribution in [0, 0.1) is 5.41 Å². The van der Waals surface area contributed by atoms with Gasteiger partial charge in [0.2, 0.25) is 0 Å². The summed E-state index contributed by atoms with van der Waals surface area (Å²) in [5.74, 6) is 0.0669. The Balaban J connectivity index is 3.01. The first kappa shape index (κ1) is 12.2. The van der Waals surface area contributed by atoms with Crippen LogP contribution in [0.2, 0.25) is 0 Å². The van der Waals surface area contributed by atoms with E-state index in [1.165, 1.54) is 11.1 Å². The average molecular weight is 208 g/mol. The van der Waals surface area contributed by atoms with Gasteiger partial charge in [-0.1, -0.05) is 25.5 Å². The standard InChI is InChI=1S/C13H20O2/c1-9-7-11(15)8-13(3,4)12(9)6-5-10(2)14/h5-6,11,15H,7-8H2,1-4H3/b6-5+/t11-/m1/s1. The lowest BCUT2D eigenvalue weighted by molar-refractivity contribution is -0.112. The van der Waals surface area contributed by atoms with E-state index < -0.39 is 0 Å². The normalized spacial score (nSPS) is 26.1. The third-order valence-electron chi connectivity index (χ3n) is 2.96. The highest BCUT2D eigenvalue weighted by Gasteiger charge is 2.31. The molecular formula is C13H20O2. The van der Waals surface area contributed by atoms with Crippen molar-refractivity contribution in [3.8, 4) is 0 Å². The molecule has 0 saturated carbocycles. The van der Waals surface area contributed by atoms with E-state index in [1.807, 2.05) is 13.0 Å². The van der Waals surface area contributed by atoms with Crippen molar-refractivity contribution >= 4 is 5.78 Å². The smallest absolute Gasteiger partial charge is 0.152 e. The number of aliphatic hydroxyl groups excluding tert-OH is 1. The minimum absolute atomic E-state index is 0.0340. The van der Waals surface area contributed by atoms with Crippen LogP contribution in [-0.4, -0.2) is 17.0 Å². The van der Waals surface area contributed by atoms with E-state index in [1.54, 1.807) is 13.0 Å². The molecule has 0 amide bonds. The molecule has 1 atom stereocenters. The Labute approximate surface area is 91.7 Å². The van der Waals surface area contributed by atoms with Gasteiger partial charge >= 0.3 is 0 Å². The molecular weight excluding hydrogens is 188 g/mol. The second kappa shape index (κ2) is 4.31. The lowest BCUT2D eigenvalue weighted by Gasteiger charge is -2.35. The number of ketones is 1. The van der Waals surface area contributed by atoms with Crippen LogP contribution in [-0.2, 0) is 4.79 Å². The minimum atomic E-state index is -0.241. The molecule has 0 heterocycles. The molecule has 2 nitrogen and oxygen atoms in total. The molecule has 0 radical (unpaired) electrons.